The number of benzene rings is 2. The molecule has 3 aromatic rings. The van der Waals surface area contributed by atoms with Gasteiger partial charge in [-0.15, -0.1) is 0 Å². The van der Waals surface area contributed by atoms with Gasteiger partial charge in [-0.25, -0.2) is 13.4 Å². The maximum absolute atomic E-state index is 12.8. The molecule has 10 heteroatoms. The molecule has 2 heterocycles. The summed E-state index contributed by atoms with van der Waals surface area (Å²) in [5.41, 5.74) is 1.08. The number of sulfonamides is 1. The topological polar surface area (TPSA) is 88.6 Å². The summed E-state index contributed by atoms with van der Waals surface area (Å²) >= 11 is 7.06. The maximum atomic E-state index is 12.8. The molecule has 146 valence electrons. The van der Waals surface area contributed by atoms with E-state index in [1.807, 2.05) is 0 Å². The molecule has 4 rings (SSSR count). The van der Waals surface area contributed by atoms with Crippen molar-refractivity contribution in [2.75, 3.05) is 31.6 Å². The molecule has 7 nitrogen and oxygen atoms in total. The maximum Gasteiger partial charge on any atom is 0.257 e. The summed E-state index contributed by atoms with van der Waals surface area (Å²) in [5.74, 6) is -0.308. The lowest BCUT2D eigenvalue weighted by molar-refractivity contribution is 0.0730. The first-order chi connectivity index (χ1) is 13.4. The zero-order valence-corrected chi connectivity index (χ0v) is 17.0. The Kier molecular flexibility index (Phi) is 5.35. The van der Waals surface area contributed by atoms with Crippen molar-refractivity contribution in [3.63, 3.8) is 0 Å². The lowest BCUT2D eigenvalue weighted by Gasteiger charge is -2.25. The van der Waals surface area contributed by atoms with Crippen molar-refractivity contribution in [3.05, 3.63) is 53.1 Å². The van der Waals surface area contributed by atoms with Gasteiger partial charge in [-0.2, -0.15) is 4.31 Å². The normalized spacial score (nSPS) is 15.6. The molecule has 1 amide bonds. The summed E-state index contributed by atoms with van der Waals surface area (Å²) in [7, 11) is -3.58. The zero-order valence-electron chi connectivity index (χ0n) is 14.6. The minimum atomic E-state index is -3.58. The van der Waals surface area contributed by atoms with Crippen molar-refractivity contribution in [1.29, 1.82) is 0 Å². The molecule has 1 aliphatic rings. The molecule has 0 unspecified atom stereocenters. The van der Waals surface area contributed by atoms with Crippen LogP contribution in [0.15, 0.2) is 47.4 Å². The van der Waals surface area contributed by atoms with Gasteiger partial charge in [0, 0.05) is 23.7 Å². The van der Waals surface area contributed by atoms with E-state index in [-0.39, 0.29) is 10.8 Å². The molecule has 1 aliphatic heterocycles. The van der Waals surface area contributed by atoms with Crippen molar-refractivity contribution in [3.8, 4) is 0 Å². The third kappa shape index (κ3) is 3.89. The second-order valence-corrected chi connectivity index (χ2v) is 9.53. The third-order valence-electron chi connectivity index (χ3n) is 4.29. The van der Waals surface area contributed by atoms with Crippen LogP contribution in [0.3, 0.4) is 0 Å². The number of anilines is 1. The van der Waals surface area contributed by atoms with E-state index >= 15 is 0 Å². The lowest BCUT2D eigenvalue weighted by atomic mass is 10.2. The number of fused-ring (bicyclic) bond motifs is 1. The molecule has 1 fully saturated rings. The number of halogens is 1. The quantitative estimate of drug-likeness (QED) is 0.677. The van der Waals surface area contributed by atoms with E-state index in [0.717, 1.165) is 0 Å². The number of carbonyl (C=O) groups is 1. The van der Waals surface area contributed by atoms with Gasteiger partial charge in [0.05, 0.1) is 28.3 Å². The highest BCUT2D eigenvalue weighted by Gasteiger charge is 2.26. The van der Waals surface area contributed by atoms with Crippen LogP contribution in [-0.2, 0) is 14.8 Å². The van der Waals surface area contributed by atoms with Gasteiger partial charge in [0.1, 0.15) is 0 Å². The van der Waals surface area contributed by atoms with Gasteiger partial charge in [-0.05, 0) is 42.5 Å². The molecule has 0 atom stereocenters. The van der Waals surface area contributed by atoms with E-state index in [4.69, 9.17) is 16.3 Å². The predicted octanol–water partition coefficient (Wildman–Crippen LogP) is 3.22. The molecular formula is C18H16ClN3O4S2. The highest BCUT2D eigenvalue weighted by Crippen LogP contribution is 2.29. The molecule has 2 aromatic carbocycles. The van der Waals surface area contributed by atoms with Crippen LogP contribution in [0, 0.1) is 0 Å². The van der Waals surface area contributed by atoms with E-state index < -0.39 is 10.0 Å². The fourth-order valence-corrected chi connectivity index (χ4v) is 5.36. The molecule has 0 radical (unpaired) electrons. The average Bonchev–Trinajstić information content (AvgIpc) is 3.10. The summed E-state index contributed by atoms with van der Waals surface area (Å²) in [5, 5.41) is 3.68. The largest absolute Gasteiger partial charge is 0.379 e. The smallest absolute Gasteiger partial charge is 0.257 e. The Morgan fingerprint density at radius 1 is 1.14 bits per heavy atom. The molecule has 0 spiro atoms. The number of thiazole rings is 1. The van der Waals surface area contributed by atoms with E-state index in [2.05, 4.69) is 10.3 Å². The number of nitrogens with zero attached hydrogens (tertiary/aromatic N) is 2. The predicted molar refractivity (Wildman–Crippen MR) is 109 cm³/mol. The summed E-state index contributed by atoms with van der Waals surface area (Å²) in [4.78, 5) is 16.9. The van der Waals surface area contributed by atoms with Gasteiger partial charge >= 0.3 is 0 Å². The molecule has 28 heavy (non-hydrogen) atoms. The average molecular weight is 438 g/mol. The van der Waals surface area contributed by atoms with E-state index in [0.29, 0.717) is 52.2 Å². The first-order valence-corrected chi connectivity index (χ1v) is 11.1. The number of nitrogens with one attached hydrogen (secondary N) is 1. The van der Waals surface area contributed by atoms with Crippen LogP contribution >= 0.6 is 22.9 Å². The first-order valence-electron chi connectivity index (χ1n) is 8.49. The standard InChI is InChI=1S/C18H16ClN3O4S2/c19-13-3-1-12(2-4-13)17(23)21-18-20-15-6-5-14(11-16(15)27-18)28(24,25)22-7-9-26-10-8-22/h1-6,11H,7-10H2,(H,20,21,23). The van der Waals surface area contributed by atoms with E-state index in [1.165, 1.54) is 21.7 Å². The first kappa shape index (κ1) is 19.3. The number of hydrogen-bond donors (Lipinski definition) is 1. The lowest BCUT2D eigenvalue weighted by Crippen LogP contribution is -2.40. The van der Waals surface area contributed by atoms with Gasteiger partial charge in [0.25, 0.3) is 5.91 Å². The molecule has 0 aliphatic carbocycles. The van der Waals surface area contributed by atoms with Crippen LogP contribution in [0.4, 0.5) is 5.13 Å². The van der Waals surface area contributed by atoms with Gasteiger partial charge in [-0.1, -0.05) is 22.9 Å². The molecule has 0 bridgehead atoms. The van der Waals surface area contributed by atoms with Gasteiger partial charge in [0.15, 0.2) is 5.13 Å². The van der Waals surface area contributed by atoms with Crippen LogP contribution in [0.5, 0.6) is 0 Å². The second kappa shape index (κ2) is 7.76. The third-order valence-corrected chi connectivity index (χ3v) is 7.37. The highest BCUT2D eigenvalue weighted by atomic mass is 35.5. The second-order valence-electron chi connectivity index (χ2n) is 6.13. The molecule has 1 aromatic heterocycles. The van der Waals surface area contributed by atoms with Crippen LogP contribution in [0.2, 0.25) is 5.02 Å². The Labute approximate surface area is 170 Å². The summed E-state index contributed by atoms with van der Waals surface area (Å²) < 4.78 is 32.9. The fraction of sp³-hybridized carbons (Fsp3) is 0.222. The summed E-state index contributed by atoms with van der Waals surface area (Å²) in [6, 6.07) is 11.3. The van der Waals surface area contributed by atoms with Crippen LogP contribution < -0.4 is 5.32 Å². The number of ether oxygens (including phenoxy) is 1. The minimum absolute atomic E-state index is 0.209. The summed E-state index contributed by atoms with van der Waals surface area (Å²) in [6.07, 6.45) is 0. The van der Waals surface area contributed by atoms with E-state index in [1.54, 1.807) is 36.4 Å². The Bertz CT molecular complexity index is 1120. The molecule has 1 N–H and O–H groups in total. The van der Waals surface area contributed by atoms with Crippen LogP contribution in [-0.4, -0.2) is 49.9 Å². The van der Waals surface area contributed by atoms with Gasteiger partial charge in [-0.3, -0.25) is 10.1 Å². The molecular weight excluding hydrogens is 422 g/mol. The Balaban J connectivity index is 1.58. The number of rotatable bonds is 4. The van der Waals surface area contributed by atoms with Crippen molar-refractivity contribution < 1.29 is 17.9 Å². The van der Waals surface area contributed by atoms with Crippen molar-refractivity contribution in [1.82, 2.24) is 9.29 Å². The number of morpholine rings is 1. The Morgan fingerprint density at radius 2 is 1.86 bits per heavy atom. The van der Waals surface area contributed by atoms with Crippen LogP contribution in [0.25, 0.3) is 10.2 Å². The Morgan fingerprint density at radius 3 is 2.57 bits per heavy atom. The van der Waals surface area contributed by atoms with Gasteiger partial charge in [0.2, 0.25) is 10.0 Å². The highest BCUT2D eigenvalue weighted by molar-refractivity contribution is 7.89. The zero-order chi connectivity index (χ0) is 19.7. The number of hydrogen-bond acceptors (Lipinski definition) is 6. The number of amides is 1. The SMILES string of the molecule is O=C(Nc1nc2ccc(S(=O)(=O)N3CCOCC3)cc2s1)c1ccc(Cl)cc1. The number of carbonyl (C=O) groups excluding carboxylic acids is 1. The minimum Gasteiger partial charge on any atom is -0.379 e. The number of aromatic nitrogens is 1. The fourth-order valence-electron chi connectivity index (χ4n) is 2.83. The summed E-state index contributed by atoms with van der Waals surface area (Å²) in [6.45, 7) is 1.46. The van der Waals surface area contributed by atoms with E-state index in [9.17, 15) is 13.2 Å². The van der Waals surface area contributed by atoms with Crippen molar-refractivity contribution in [2.24, 2.45) is 0 Å². The molecule has 1 saturated heterocycles. The Hall–Kier alpha value is -2.04. The van der Waals surface area contributed by atoms with Crippen molar-refractivity contribution in [2.45, 2.75) is 4.90 Å². The molecule has 0 saturated carbocycles. The van der Waals surface area contributed by atoms with Crippen LogP contribution in [0.1, 0.15) is 10.4 Å². The monoisotopic (exact) mass is 437 g/mol. The van der Waals surface area contributed by atoms with Gasteiger partial charge < -0.3 is 4.74 Å². The van der Waals surface area contributed by atoms with Crippen molar-refractivity contribution >= 4 is 54.2 Å².